The number of hydrogen-bond donors (Lipinski definition) is 2. The maximum absolute atomic E-state index is 8.62. The lowest BCUT2D eigenvalue weighted by molar-refractivity contribution is 0.174. The van der Waals surface area contributed by atoms with E-state index in [0.717, 1.165) is 13.0 Å². The molecule has 0 aromatic rings. The average Bonchev–Trinajstić information content (AvgIpc) is 2.71. The minimum Gasteiger partial charge on any atom is -0.409 e. The van der Waals surface area contributed by atoms with Gasteiger partial charge in [0.15, 0.2) is 0 Å². The molecule has 0 radical (unpaired) electrons. The van der Waals surface area contributed by atoms with Gasteiger partial charge in [0.2, 0.25) is 0 Å². The summed E-state index contributed by atoms with van der Waals surface area (Å²) in [4.78, 5) is 4.76. The summed E-state index contributed by atoms with van der Waals surface area (Å²) in [6, 6.07) is 1.02. The molecule has 0 aromatic carbocycles. The van der Waals surface area contributed by atoms with Crippen LogP contribution in [0.15, 0.2) is 5.16 Å². The molecule has 100 valence electrons. The Hall–Kier alpha value is -0.810. The second-order valence-electron chi connectivity index (χ2n) is 5.07. The largest absolute Gasteiger partial charge is 0.409 e. The van der Waals surface area contributed by atoms with Crippen molar-refractivity contribution in [2.24, 2.45) is 10.9 Å². The van der Waals surface area contributed by atoms with E-state index in [1.165, 1.54) is 19.4 Å². The fourth-order valence-electron chi connectivity index (χ4n) is 2.59. The van der Waals surface area contributed by atoms with Crippen LogP contribution in [0.5, 0.6) is 0 Å². The Morgan fingerprint density at radius 1 is 1.65 bits per heavy atom. The zero-order chi connectivity index (χ0) is 12.8. The number of hydrogen-bond acceptors (Lipinski definition) is 4. The lowest BCUT2D eigenvalue weighted by Crippen LogP contribution is -2.42. The number of nitrogens with two attached hydrogens (primary N) is 1. The molecular weight excluding hydrogens is 216 g/mol. The Balaban J connectivity index is 2.45. The van der Waals surface area contributed by atoms with Gasteiger partial charge in [-0.3, -0.25) is 0 Å². The normalized spacial score (nSPS) is 24.5. The van der Waals surface area contributed by atoms with Crippen molar-refractivity contribution < 1.29 is 5.21 Å². The third-order valence-electron chi connectivity index (χ3n) is 3.84. The third-order valence-corrected chi connectivity index (χ3v) is 3.84. The Bertz CT molecular complexity index is 257. The topological polar surface area (TPSA) is 65.1 Å². The number of likely N-dealkylation sites (tertiary alicyclic amines) is 1. The van der Waals surface area contributed by atoms with Crippen molar-refractivity contribution in [3.8, 4) is 0 Å². The van der Waals surface area contributed by atoms with Crippen molar-refractivity contribution >= 4 is 5.84 Å². The third kappa shape index (κ3) is 4.16. The number of nitrogens with zero attached hydrogens (tertiary/aromatic N) is 3. The Kier molecular flexibility index (Phi) is 5.71. The van der Waals surface area contributed by atoms with E-state index in [1.54, 1.807) is 0 Å². The first-order valence-electron chi connectivity index (χ1n) is 6.45. The molecule has 1 fully saturated rings. The fourth-order valence-corrected chi connectivity index (χ4v) is 2.59. The summed E-state index contributed by atoms with van der Waals surface area (Å²) < 4.78 is 0. The number of amidine groups is 1. The first-order chi connectivity index (χ1) is 8.08. The van der Waals surface area contributed by atoms with Gasteiger partial charge >= 0.3 is 0 Å². The highest BCUT2D eigenvalue weighted by atomic mass is 16.4. The monoisotopic (exact) mass is 242 g/mol. The molecule has 1 heterocycles. The van der Waals surface area contributed by atoms with Gasteiger partial charge in [0.1, 0.15) is 5.84 Å². The molecule has 5 heteroatoms. The molecule has 1 aliphatic rings. The van der Waals surface area contributed by atoms with E-state index in [-0.39, 0.29) is 0 Å². The van der Waals surface area contributed by atoms with Crippen LogP contribution in [-0.2, 0) is 0 Å². The number of rotatable bonds is 6. The van der Waals surface area contributed by atoms with Crippen molar-refractivity contribution in [3.05, 3.63) is 0 Å². The molecule has 0 amide bonds. The van der Waals surface area contributed by atoms with Crippen molar-refractivity contribution in [1.82, 2.24) is 9.80 Å². The smallest absolute Gasteiger partial charge is 0.140 e. The predicted molar refractivity (Wildman–Crippen MR) is 70.4 cm³/mol. The quantitative estimate of drug-likeness (QED) is 0.315. The van der Waals surface area contributed by atoms with Crippen molar-refractivity contribution in [3.63, 3.8) is 0 Å². The van der Waals surface area contributed by atoms with E-state index in [1.807, 2.05) is 0 Å². The SMILES string of the molecule is CCC(CC(N)=NO)N(C)CC1CCCN1C. The Morgan fingerprint density at radius 2 is 2.35 bits per heavy atom. The molecule has 1 saturated heterocycles. The molecule has 1 aliphatic heterocycles. The molecule has 0 aliphatic carbocycles. The van der Waals surface area contributed by atoms with Gasteiger partial charge in [0.25, 0.3) is 0 Å². The molecule has 0 aromatic heterocycles. The van der Waals surface area contributed by atoms with Crippen molar-refractivity contribution in [1.29, 1.82) is 0 Å². The van der Waals surface area contributed by atoms with Crippen LogP contribution in [0.1, 0.15) is 32.6 Å². The number of likely N-dealkylation sites (N-methyl/N-ethyl adjacent to an activating group) is 2. The van der Waals surface area contributed by atoms with Crippen LogP contribution in [0.4, 0.5) is 0 Å². The van der Waals surface area contributed by atoms with Gasteiger partial charge in [-0.2, -0.15) is 0 Å². The maximum atomic E-state index is 8.62. The molecule has 0 spiro atoms. The standard InChI is InChI=1S/C12H26N4O/c1-4-10(8-12(13)14-17)16(3)9-11-6-5-7-15(11)2/h10-11,17H,4-9H2,1-3H3,(H2,13,14). The van der Waals surface area contributed by atoms with Crippen LogP contribution in [0.3, 0.4) is 0 Å². The predicted octanol–water partition coefficient (Wildman–Crippen LogP) is 0.928. The van der Waals surface area contributed by atoms with Crippen LogP contribution < -0.4 is 5.73 Å². The summed E-state index contributed by atoms with van der Waals surface area (Å²) >= 11 is 0. The highest BCUT2D eigenvalue weighted by Crippen LogP contribution is 2.17. The zero-order valence-corrected chi connectivity index (χ0v) is 11.3. The molecule has 5 nitrogen and oxygen atoms in total. The first kappa shape index (κ1) is 14.3. The molecule has 0 saturated carbocycles. The second kappa shape index (κ2) is 6.81. The summed E-state index contributed by atoms with van der Waals surface area (Å²) in [7, 11) is 4.32. The van der Waals surface area contributed by atoms with Crippen molar-refractivity contribution in [2.75, 3.05) is 27.2 Å². The van der Waals surface area contributed by atoms with E-state index >= 15 is 0 Å². The summed E-state index contributed by atoms with van der Waals surface area (Å²) in [5.74, 6) is 0.323. The second-order valence-corrected chi connectivity index (χ2v) is 5.07. The van der Waals surface area contributed by atoms with E-state index < -0.39 is 0 Å². The first-order valence-corrected chi connectivity index (χ1v) is 6.45. The van der Waals surface area contributed by atoms with Gasteiger partial charge < -0.3 is 20.7 Å². The summed E-state index contributed by atoms with van der Waals surface area (Å²) in [6.45, 7) is 4.41. The summed E-state index contributed by atoms with van der Waals surface area (Å²) in [5.41, 5.74) is 5.59. The van der Waals surface area contributed by atoms with Crippen LogP contribution in [0, 0.1) is 0 Å². The Labute approximate surface area is 104 Å². The summed E-state index contributed by atoms with van der Waals surface area (Å²) in [5, 5.41) is 11.7. The molecule has 1 rings (SSSR count). The maximum Gasteiger partial charge on any atom is 0.140 e. The van der Waals surface area contributed by atoms with Gasteiger partial charge in [0.05, 0.1) is 0 Å². The van der Waals surface area contributed by atoms with E-state index in [0.29, 0.717) is 24.3 Å². The average molecular weight is 242 g/mol. The highest BCUT2D eigenvalue weighted by molar-refractivity contribution is 5.80. The minimum atomic E-state index is 0.323. The van der Waals surface area contributed by atoms with Gasteiger partial charge in [-0.15, -0.1) is 0 Å². The van der Waals surface area contributed by atoms with Crippen LogP contribution >= 0.6 is 0 Å². The van der Waals surface area contributed by atoms with Crippen molar-refractivity contribution in [2.45, 2.75) is 44.7 Å². The van der Waals surface area contributed by atoms with Gasteiger partial charge in [0, 0.05) is 25.0 Å². The molecule has 3 N–H and O–H groups in total. The van der Waals surface area contributed by atoms with Gasteiger partial charge in [-0.05, 0) is 39.9 Å². The van der Waals surface area contributed by atoms with Crippen LogP contribution in [0.25, 0.3) is 0 Å². The summed E-state index contributed by atoms with van der Waals surface area (Å²) in [6.07, 6.45) is 4.23. The van der Waals surface area contributed by atoms with E-state index in [2.05, 4.69) is 36.0 Å². The minimum absolute atomic E-state index is 0.323. The fraction of sp³-hybridized carbons (Fsp3) is 0.917. The molecule has 2 unspecified atom stereocenters. The number of oxime groups is 1. The molecule has 17 heavy (non-hydrogen) atoms. The molecular formula is C12H26N4O. The van der Waals surface area contributed by atoms with E-state index in [4.69, 9.17) is 10.9 Å². The lowest BCUT2D eigenvalue weighted by atomic mass is 10.1. The van der Waals surface area contributed by atoms with E-state index in [9.17, 15) is 0 Å². The van der Waals surface area contributed by atoms with Crippen LogP contribution in [0.2, 0.25) is 0 Å². The van der Waals surface area contributed by atoms with Gasteiger partial charge in [-0.25, -0.2) is 0 Å². The lowest BCUT2D eigenvalue weighted by Gasteiger charge is -2.31. The Morgan fingerprint density at radius 3 is 2.82 bits per heavy atom. The zero-order valence-electron chi connectivity index (χ0n) is 11.3. The molecule has 2 atom stereocenters. The van der Waals surface area contributed by atoms with Crippen LogP contribution in [-0.4, -0.2) is 60.1 Å². The highest BCUT2D eigenvalue weighted by Gasteiger charge is 2.24. The molecule has 0 bridgehead atoms. The van der Waals surface area contributed by atoms with Gasteiger partial charge in [-0.1, -0.05) is 12.1 Å².